The molecule has 1 saturated heterocycles. The summed E-state index contributed by atoms with van der Waals surface area (Å²) < 4.78 is 5.67. The lowest BCUT2D eigenvalue weighted by Crippen LogP contribution is -2.70. The number of allylic oxidation sites excluding steroid dienone is 1. The van der Waals surface area contributed by atoms with Crippen LogP contribution in [0, 0.1) is 39.9 Å². The van der Waals surface area contributed by atoms with Gasteiger partial charge in [0.25, 0.3) is 0 Å². The summed E-state index contributed by atoms with van der Waals surface area (Å²) >= 11 is 0. The molecule has 1 heterocycles. The quantitative estimate of drug-likeness (QED) is 0.336. The molecule has 0 aromatic rings. The maximum Gasteiger partial charge on any atom is 0.338 e. The third-order valence-corrected chi connectivity index (χ3v) is 12.8. The second-order valence-corrected chi connectivity index (χ2v) is 13.9. The normalized spacial score (nSPS) is 61.9. The number of hydrogen-bond donors (Lipinski definition) is 5. The number of carbonyl (C=O) groups excluding carboxylic acids is 2. The highest BCUT2D eigenvalue weighted by atomic mass is 16.6. The Kier molecular flexibility index (Phi) is 4.86. The Balaban J connectivity index is 1.39. The SMILES string of the molecule is C[C@@]12CC([C@@]3(O)[C@H](O)C[C@H]4[C@@H]5C[C@H](O)[C@]6(O)CC=CC(=O)[C@]6(C)[C@H]5CC[C@@]43C)[C@@H](C1)OC(=O)[C@]2(C)O. The number of fused-ring (bicyclic) bond motifs is 7. The van der Waals surface area contributed by atoms with Gasteiger partial charge in [-0.1, -0.05) is 19.9 Å². The highest BCUT2D eigenvalue weighted by Crippen LogP contribution is 2.71. The first kappa shape index (κ1) is 25.0. The molecule has 5 fully saturated rings. The summed E-state index contributed by atoms with van der Waals surface area (Å²) in [5.74, 6) is -1.93. The van der Waals surface area contributed by atoms with E-state index in [9.17, 15) is 35.1 Å². The standard InChI is InChI=1S/C28H40O8/c1-23-12-17(18(13-23)36-22(32)26(23,4)33)28(35)21(31)11-16-14-10-20(30)27(34)8-5-6-19(29)25(27,3)15(14)7-9-24(16,28)2/h5-6,14-18,20-21,30-31,33-35H,7-13H2,1-4H3/t14-,15+,16+,17?,18-,20+,21-,23-,24+,25+,26+,27-,28-/m1/s1. The van der Waals surface area contributed by atoms with Gasteiger partial charge >= 0.3 is 5.97 Å². The molecular weight excluding hydrogens is 464 g/mol. The highest BCUT2D eigenvalue weighted by molar-refractivity contribution is 5.97. The minimum atomic E-state index is -1.67. The minimum absolute atomic E-state index is 0.162. The average molecular weight is 505 g/mol. The van der Waals surface area contributed by atoms with Gasteiger partial charge in [0, 0.05) is 16.7 Å². The first-order valence-corrected chi connectivity index (χ1v) is 13.5. The third-order valence-electron chi connectivity index (χ3n) is 12.8. The summed E-state index contributed by atoms with van der Waals surface area (Å²) in [4.78, 5) is 25.9. The van der Waals surface area contributed by atoms with Crippen LogP contribution in [0.1, 0.15) is 72.6 Å². The van der Waals surface area contributed by atoms with Crippen LogP contribution in [0.15, 0.2) is 12.2 Å². The number of ketones is 1. The Morgan fingerprint density at radius 1 is 0.917 bits per heavy atom. The number of aliphatic hydroxyl groups excluding tert-OH is 2. The van der Waals surface area contributed by atoms with Crippen LogP contribution in [0.3, 0.4) is 0 Å². The Morgan fingerprint density at radius 3 is 2.31 bits per heavy atom. The van der Waals surface area contributed by atoms with Gasteiger partial charge in [0.05, 0.1) is 17.6 Å². The minimum Gasteiger partial charge on any atom is -0.460 e. The first-order chi connectivity index (χ1) is 16.6. The number of rotatable bonds is 1. The lowest BCUT2D eigenvalue weighted by molar-refractivity contribution is -0.245. The van der Waals surface area contributed by atoms with Gasteiger partial charge in [-0.3, -0.25) is 4.79 Å². The Morgan fingerprint density at radius 2 is 1.61 bits per heavy atom. The fourth-order valence-corrected chi connectivity index (χ4v) is 10.2. The molecule has 0 amide bonds. The van der Waals surface area contributed by atoms with Gasteiger partial charge < -0.3 is 30.3 Å². The fraction of sp³-hybridized carbons (Fsp3) is 0.857. The average Bonchev–Trinajstić information content (AvgIpc) is 3.22. The summed E-state index contributed by atoms with van der Waals surface area (Å²) in [5.41, 5.74) is -7.41. The fourth-order valence-electron chi connectivity index (χ4n) is 10.2. The van der Waals surface area contributed by atoms with Crippen LogP contribution in [-0.4, -0.2) is 72.4 Å². The van der Waals surface area contributed by atoms with Gasteiger partial charge in [0.1, 0.15) is 17.3 Å². The van der Waals surface area contributed by atoms with Crippen LogP contribution >= 0.6 is 0 Å². The zero-order valence-corrected chi connectivity index (χ0v) is 21.6. The summed E-state index contributed by atoms with van der Waals surface area (Å²) in [7, 11) is 0. The molecule has 5 aliphatic carbocycles. The highest BCUT2D eigenvalue weighted by Gasteiger charge is 2.76. The van der Waals surface area contributed by atoms with E-state index in [1.165, 1.54) is 13.0 Å². The van der Waals surface area contributed by atoms with Crippen molar-refractivity contribution in [2.45, 2.75) is 108 Å². The number of carbonyl (C=O) groups is 2. The Labute approximate surface area is 211 Å². The zero-order valence-electron chi connectivity index (χ0n) is 21.6. The molecule has 13 atom stereocenters. The van der Waals surface area contributed by atoms with Gasteiger partial charge in [0.2, 0.25) is 0 Å². The lowest BCUT2D eigenvalue weighted by Gasteiger charge is -2.63. The van der Waals surface area contributed by atoms with Gasteiger partial charge in [-0.2, -0.15) is 0 Å². The summed E-state index contributed by atoms with van der Waals surface area (Å²) in [6, 6.07) is 0. The van der Waals surface area contributed by atoms with Crippen molar-refractivity contribution in [3.63, 3.8) is 0 Å². The molecular formula is C28H40O8. The first-order valence-electron chi connectivity index (χ1n) is 13.5. The van der Waals surface area contributed by atoms with Crippen LogP contribution in [0.2, 0.25) is 0 Å². The summed E-state index contributed by atoms with van der Waals surface area (Å²) in [5, 5.41) is 57.7. The Bertz CT molecular complexity index is 1050. The maximum absolute atomic E-state index is 13.3. The van der Waals surface area contributed by atoms with Crippen molar-refractivity contribution in [3.8, 4) is 0 Å². The number of aliphatic hydroxyl groups is 5. The topological polar surface area (TPSA) is 145 Å². The monoisotopic (exact) mass is 504 g/mol. The van der Waals surface area contributed by atoms with Crippen LogP contribution in [0.5, 0.6) is 0 Å². The predicted molar refractivity (Wildman–Crippen MR) is 127 cm³/mol. The van der Waals surface area contributed by atoms with E-state index < -0.39 is 63.2 Å². The molecule has 8 nitrogen and oxygen atoms in total. The lowest BCUT2D eigenvalue weighted by atomic mass is 9.42. The molecule has 0 aromatic carbocycles. The number of esters is 1. The van der Waals surface area contributed by atoms with Gasteiger partial charge in [-0.25, -0.2) is 4.79 Å². The molecule has 5 N–H and O–H groups in total. The van der Waals surface area contributed by atoms with E-state index in [2.05, 4.69) is 0 Å². The van der Waals surface area contributed by atoms with Gasteiger partial charge in [0.15, 0.2) is 11.4 Å². The van der Waals surface area contributed by atoms with Crippen LogP contribution in [0.25, 0.3) is 0 Å². The van der Waals surface area contributed by atoms with Crippen molar-refractivity contribution in [2.75, 3.05) is 0 Å². The van der Waals surface area contributed by atoms with E-state index in [0.29, 0.717) is 38.5 Å². The molecule has 8 heteroatoms. The predicted octanol–water partition coefficient (Wildman–Crippen LogP) is 1.25. The smallest absolute Gasteiger partial charge is 0.338 e. The molecule has 36 heavy (non-hydrogen) atoms. The molecule has 2 bridgehead atoms. The van der Waals surface area contributed by atoms with E-state index in [1.807, 2.05) is 13.8 Å². The molecule has 1 aliphatic heterocycles. The largest absolute Gasteiger partial charge is 0.460 e. The molecule has 4 saturated carbocycles. The molecule has 0 radical (unpaired) electrons. The summed E-state index contributed by atoms with van der Waals surface area (Å²) in [6.45, 7) is 7.09. The summed E-state index contributed by atoms with van der Waals surface area (Å²) in [6.07, 6.45) is 3.13. The van der Waals surface area contributed by atoms with E-state index in [4.69, 9.17) is 4.74 Å². The van der Waals surface area contributed by atoms with Crippen molar-refractivity contribution in [2.24, 2.45) is 39.9 Å². The maximum atomic E-state index is 13.3. The number of ether oxygens (including phenoxy) is 1. The van der Waals surface area contributed by atoms with Crippen molar-refractivity contribution in [1.82, 2.24) is 0 Å². The zero-order chi connectivity index (χ0) is 26.3. The van der Waals surface area contributed by atoms with Crippen LogP contribution in [-0.2, 0) is 14.3 Å². The van der Waals surface area contributed by atoms with E-state index in [-0.39, 0.29) is 30.0 Å². The van der Waals surface area contributed by atoms with Crippen molar-refractivity contribution >= 4 is 11.8 Å². The second kappa shape index (κ2) is 7.00. The van der Waals surface area contributed by atoms with Gasteiger partial charge in [-0.05, 0) is 82.6 Å². The molecule has 0 aromatic heterocycles. The van der Waals surface area contributed by atoms with Crippen LogP contribution < -0.4 is 0 Å². The molecule has 200 valence electrons. The second-order valence-electron chi connectivity index (χ2n) is 13.9. The van der Waals surface area contributed by atoms with Crippen LogP contribution in [0.4, 0.5) is 0 Å². The molecule has 6 rings (SSSR count). The molecule has 6 aliphatic rings. The third kappa shape index (κ3) is 2.49. The van der Waals surface area contributed by atoms with E-state index in [1.54, 1.807) is 13.0 Å². The van der Waals surface area contributed by atoms with E-state index >= 15 is 0 Å². The molecule has 1 unspecified atom stereocenters. The number of hydrogen-bond acceptors (Lipinski definition) is 8. The van der Waals surface area contributed by atoms with E-state index in [0.717, 1.165) is 0 Å². The Hall–Kier alpha value is -1.32. The van der Waals surface area contributed by atoms with Crippen molar-refractivity contribution in [3.05, 3.63) is 12.2 Å². The van der Waals surface area contributed by atoms with Crippen molar-refractivity contribution < 1.29 is 39.9 Å². The van der Waals surface area contributed by atoms with Gasteiger partial charge in [-0.15, -0.1) is 0 Å². The molecule has 0 spiro atoms. The van der Waals surface area contributed by atoms with Crippen molar-refractivity contribution in [1.29, 1.82) is 0 Å².